The minimum absolute atomic E-state index is 0.0113. The van der Waals surface area contributed by atoms with Crippen LogP contribution >= 0.6 is 11.6 Å². The van der Waals surface area contributed by atoms with Crippen LogP contribution in [-0.2, 0) is 11.2 Å². The fourth-order valence-corrected chi connectivity index (χ4v) is 3.00. The molecule has 1 atom stereocenters. The average molecular weight is 416 g/mol. The Morgan fingerprint density at radius 2 is 2.10 bits per heavy atom. The normalized spacial score (nSPS) is 11.9. The highest BCUT2D eigenvalue weighted by Crippen LogP contribution is 2.34. The average Bonchev–Trinajstić information content (AvgIpc) is 2.69. The van der Waals surface area contributed by atoms with E-state index in [2.05, 4.69) is 20.6 Å². The van der Waals surface area contributed by atoms with Crippen molar-refractivity contribution in [3.8, 4) is 11.5 Å². The van der Waals surface area contributed by atoms with E-state index in [4.69, 9.17) is 22.1 Å². The molecule has 152 valence electrons. The predicted molar refractivity (Wildman–Crippen MR) is 113 cm³/mol. The summed E-state index contributed by atoms with van der Waals surface area (Å²) < 4.78 is 5.13. The van der Waals surface area contributed by atoms with Crippen molar-refractivity contribution in [1.82, 2.24) is 15.3 Å². The number of amides is 1. The van der Waals surface area contributed by atoms with Crippen molar-refractivity contribution in [2.24, 2.45) is 5.73 Å². The van der Waals surface area contributed by atoms with E-state index in [9.17, 15) is 9.90 Å². The number of methoxy groups -OCH3 is 1. The molecule has 1 aromatic heterocycles. The molecule has 0 aliphatic rings. The number of carbonyl (C=O) groups excluding carboxylic acids is 1. The number of hydrogen-bond donors (Lipinski definition) is 4. The zero-order valence-corrected chi connectivity index (χ0v) is 16.8. The van der Waals surface area contributed by atoms with Gasteiger partial charge in [-0.15, -0.1) is 0 Å². The van der Waals surface area contributed by atoms with Gasteiger partial charge in [0.2, 0.25) is 5.91 Å². The Hall–Kier alpha value is -3.10. The lowest BCUT2D eigenvalue weighted by Gasteiger charge is -2.15. The Morgan fingerprint density at radius 1 is 1.31 bits per heavy atom. The molecular formula is C20H22ClN5O3. The zero-order valence-electron chi connectivity index (χ0n) is 16.1. The van der Waals surface area contributed by atoms with Gasteiger partial charge in [-0.25, -0.2) is 9.97 Å². The second-order valence-corrected chi connectivity index (χ2v) is 6.96. The van der Waals surface area contributed by atoms with Crippen LogP contribution in [0, 0.1) is 0 Å². The van der Waals surface area contributed by atoms with E-state index in [1.165, 1.54) is 13.4 Å². The van der Waals surface area contributed by atoms with E-state index in [-0.39, 0.29) is 11.7 Å². The summed E-state index contributed by atoms with van der Waals surface area (Å²) in [6.45, 7) is 2.06. The molecule has 5 N–H and O–H groups in total. The third kappa shape index (κ3) is 4.85. The van der Waals surface area contributed by atoms with Crippen molar-refractivity contribution in [3.63, 3.8) is 0 Å². The fraction of sp³-hybridized carbons (Fsp3) is 0.250. The summed E-state index contributed by atoms with van der Waals surface area (Å²) >= 11 is 6.18. The molecule has 9 heteroatoms. The minimum Gasteiger partial charge on any atom is -0.504 e. The quantitative estimate of drug-likeness (QED) is 0.468. The Labute approximate surface area is 173 Å². The highest BCUT2D eigenvalue weighted by molar-refractivity contribution is 6.30. The molecule has 1 amide bonds. The predicted octanol–water partition coefficient (Wildman–Crippen LogP) is 2.75. The van der Waals surface area contributed by atoms with Gasteiger partial charge in [0.05, 0.1) is 18.7 Å². The molecule has 2 aromatic carbocycles. The highest BCUT2D eigenvalue weighted by Gasteiger charge is 2.12. The van der Waals surface area contributed by atoms with Crippen LogP contribution in [0.5, 0.6) is 11.5 Å². The van der Waals surface area contributed by atoms with E-state index in [0.717, 1.165) is 11.3 Å². The van der Waals surface area contributed by atoms with Crippen molar-refractivity contribution in [1.29, 1.82) is 0 Å². The number of benzene rings is 2. The molecule has 0 saturated heterocycles. The topological polar surface area (TPSA) is 122 Å². The van der Waals surface area contributed by atoms with Crippen molar-refractivity contribution in [2.45, 2.75) is 19.4 Å². The van der Waals surface area contributed by atoms with Gasteiger partial charge in [-0.2, -0.15) is 0 Å². The number of fused-ring (bicyclic) bond motifs is 1. The molecule has 1 unspecified atom stereocenters. The molecule has 0 bridgehead atoms. The van der Waals surface area contributed by atoms with Gasteiger partial charge in [0.25, 0.3) is 0 Å². The van der Waals surface area contributed by atoms with Crippen LogP contribution in [0.25, 0.3) is 10.9 Å². The molecule has 0 fully saturated rings. The first-order valence-corrected chi connectivity index (χ1v) is 9.37. The molecule has 3 aromatic rings. The van der Waals surface area contributed by atoms with Crippen LogP contribution < -0.4 is 21.1 Å². The number of nitrogens with one attached hydrogen (secondary N) is 2. The van der Waals surface area contributed by atoms with Gasteiger partial charge in [0.15, 0.2) is 11.5 Å². The third-order valence-corrected chi connectivity index (χ3v) is 4.60. The number of anilines is 2. The molecule has 0 spiro atoms. The number of halogens is 1. The fourth-order valence-electron chi connectivity index (χ4n) is 2.83. The summed E-state index contributed by atoms with van der Waals surface area (Å²) in [6.07, 6.45) is 1.99. The number of nitrogens with two attached hydrogens (primary N) is 1. The summed E-state index contributed by atoms with van der Waals surface area (Å²) in [5.41, 5.74) is 7.86. The number of rotatable bonds is 7. The van der Waals surface area contributed by atoms with Crippen LogP contribution in [0.1, 0.15) is 12.5 Å². The van der Waals surface area contributed by atoms with Crippen molar-refractivity contribution in [2.75, 3.05) is 19.0 Å². The van der Waals surface area contributed by atoms with E-state index < -0.39 is 6.04 Å². The summed E-state index contributed by atoms with van der Waals surface area (Å²) in [4.78, 5) is 20.2. The largest absolute Gasteiger partial charge is 0.504 e. The smallest absolute Gasteiger partial charge is 0.236 e. The maximum atomic E-state index is 11.7. The van der Waals surface area contributed by atoms with E-state index in [1.54, 1.807) is 31.2 Å². The van der Waals surface area contributed by atoms with Crippen molar-refractivity contribution >= 4 is 39.9 Å². The standard InChI is InChI=1S/C20H22ClN5O3/c1-11(22)20(28)23-6-5-12-3-4-13(21)7-15(12)26-19-14-8-17(27)18(29-2)9-16(14)24-10-25-19/h3-4,7-11,27H,5-6,22H2,1-2H3,(H,23,28)(H,24,25,26). The minimum atomic E-state index is -0.560. The second kappa shape index (κ2) is 8.93. The summed E-state index contributed by atoms with van der Waals surface area (Å²) in [6, 6.07) is 8.07. The molecular weight excluding hydrogens is 394 g/mol. The van der Waals surface area contributed by atoms with Gasteiger partial charge in [-0.05, 0) is 37.1 Å². The number of carbonyl (C=O) groups is 1. The number of ether oxygens (including phenoxy) is 1. The van der Waals surface area contributed by atoms with E-state index in [1.807, 2.05) is 6.07 Å². The lowest BCUT2D eigenvalue weighted by atomic mass is 10.1. The zero-order chi connectivity index (χ0) is 21.0. The maximum Gasteiger partial charge on any atom is 0.236 e. The molecule has 0 radical (unpaired) electrons. The van der Waals surface area contributed by atoms with Gasteiger partial charge < -0.3 is 26.2 Å². The Kier molecular flexibility index (Phi) is 6.36. The molecule has 0 aliphatic heterocycles. The number of phenols is 1. The van der Waals surface area contributed by atoms with Gasteiger partial charge >= 0.3 is 0 Å². The van der Waals surface area contributed by atoms with Gasteiger partial charge in [0, 0.05) is 28.7 Å². The highest BCUT2D eigenvalue weighted by atomic mass is 35.5. The molecule has 3 rings (SSSR count). The third-order valence-electron chi connectivity index (χ3n) is 4.37. The Bertz CT molecular complexity index is 1040. The van der Waals surface area contributed by atoms with Crippen LogP contribution in [-0.4, -0.2) is 40.7 Å². The van der Waals surface area contributed by atoms with Crippen molar-refractivity contribution < 1.29 is 14.6 Å². The number of aromatic nitrogens is 2. The number of phenolic OH excluding ortho intramolecular Hbond substituents is 1. The van der Waals surface area contributed by atoms with E-state index >= 15 is 0 Å². The van der Waals surface area contributed by atoms with Gasteiger partial charge in [0.1, 0.15) is 12.1 Å². The van der Waals surface area contributed by atoms with Crippen LogP contribution in [0.4, 0.5) is 11.5 Å². The van der Waals surface area contributed by atoms with Gasteiger partial charge in [-0.1, -0.05) is 17.7 Å². The van der Waals surface area contributed by atoms with Crippen LogP contribution in [0.3, 0.4) is 0 Å². The number of hydrogen-bond acceptors (Lipinski definition) is 7. The molecule has 8 nitrogen and oxygen atoms in total. The molecule has 0 aliphatic carbocycles. The Balaban J connectivity index is 1.89. The maximum absolute atomic E-state index is 11.7. The first-order valence-electron chi connectivity index (χ1n) is 8.99. The lowest BCUT2D eigenvalue weighted by Crippen LogP contribution is -2.39. The monoisotopic (exact) mass is 415 g/mol. The van der Waals surface area contributed by atoms with Crippen LogP contribution in [0.15, 0.2) is 36.7 Å². The molecule has 29 heavy (non-hydrogen) atoms. The summed E-state index contributed by atoms with van der Waals surface area (Å²) in [5, 5.41) is 17.4. The van der Waals surface area contributed by atoms with Crippen molar-refractivity contribution in [3.05, 3.63) is 47.2 Å². The summed E-state index contributed by atoms with van der Waals surface area (Å²) in [5.74, 6) is 0.619. The van der Waals surface area contributed by atoms with Gasteiger partial charge in [-0.3, -0.25) is 4.79 Å². The lowest BCUT2D eigenvalue weighted by molar-refractivity contribution is -0.121. The van der Waals surface area contributed by atoms with E-state index in [0.29, 0.717) is 40.5 Å². The first-order chi connectivity index (χ1) is 13.9. The second-order valence-electron chi connectivity index (χ2n) is 6.52. The Morgan fingerprint density at radius 3 is 2.83 bits per heavy atom. The number of nitrogens with zero attached hydrogens (tertiary/aromatic N) is 2. The first kappa shape index (κ1) is 20.6. The summed E-state index contributed by atoms with van der Waals surface area (Å²) in [7, 11) is 1.48. The molecule has 1 heterocycles. The van der Waals surface area contributed by atoms with Crippen LogP contribution in [0.2, 0.25) is 5.02 Å². The molecule has 0 saturated carbocycles. The number of aromatic hydroxyl groups is 1. The SMILES string of the molecule is COc1cc2ncnc(Nc3cc(Cl)ccc3CCNC(=O)C(C)N)c2cc1O.